The van der Waals surface area contributed by atoms with Gasteiger partial charge in [-0.25, -0.2) is 9.97 Å². The first kappa shape index (κ1) is 18.7. The highest BCUT2D eigenvalue weighted by molar-refractivity contribution is 7.20. The predicted molar refractivity (Wildman–Crippen MR) is 117 cm³/mol. The lowest BCUT2D eigenvalue weighted by atomic mass is 10.0. The van der Waals surface area contributed by atoms with Crippen molar-refractivity contribution in [2.75, 3.05) is 26.7 Å². The number of rotatable bonds is 3. The molecule has 1 atom stereocenters. The molecule has 0 radical (unpaired) electrons. The Hall–Kier alpha value is -2.31. The van der Waals surface area contributed by atoms with Crippen LogP contribution in [0.4, 0.5) is 0 Å². The molecule has 1 aliphatic carbocycles. The molecule has 2 aromatic heterocycles. The second-order valence-corrected chi connectivity index (χ2v) is 9.36. The van der Waals surface area contributed by atoms with Crippen LogP contribution in [-0.2, 0) is 0 Å². The molecule has 1 aromatic carbocycles. The minimum absolute atomic E-state index is 0.0706. The van der Waals surface area contributed by atoms with Crippen molar-refractivity contribution in [2.24, 2.45) is 0 Å². The normalized spacial score (nSPS) is 20.4. The van der Waals surface area contributed by atoms with Gasteiger partial charge in [0.2, 0.25) is 0 Å². The minimum Gasteiger partial charge on any atom is -0.328 e. The van der Waals surface area contributed by atoms with Crippen LogP contribution in [-0.4, -0.2) is 52.4 Å². The second-order valence-electron chi connectivity index (χ2n) is 8.37. The smallest absolute Gasteiger partial charge is 0.264 e. The van der Waals surface area contributed by atoms with E-state index < -0.39 is 0 Å². The lowest BCUT2D eigenvalue weighted by Gasteiger charge is -2.40. The summed E-state index contributed by atoms with van der Waals surface area (Å²) in [5.41, 5.74) is 3.22. The highest BCUT2D eigenvalue weighted by atomic mass is 32.1. The summed E-state index contributed by atoms with van der Waals surface area (Å²) in [6, 6.07) is 10.4. The number of fused-ring (bicyclic) bond motifs is 1. The summed E-state index contributed by atoms with van der Waals surface area (Å²) in [5.74, 6) is 1.59. The molecule has 1 amide bonds. The van der Waals surface area contributed by atoms with Crippen LogP contribution >= 0.6 is 11.3 Å². The first-order valence-electron chi connectivity index (χ1n) is 10.3. The Bertz CT molecular complexity index is 1070. The number of thiophene rings is 1. The third kappa shape index (κ3) is 3.34. The summed E-state index contributed by atoms with van der Waals surface area (Å²) in [7, 11) is 2.13. The van der Waals surface area contributed by atoms with Crippen LogP contribution in [0.1, 0.15) is 57.1 Å². The van der Waals surface area contributed by atoms with Crippen molar-refractivity contribution in [1.29, 1.82) is 0 Å². The van der Waals surface area contributed by atoms with Crippen LogP contribution in [0.3, 0.4) is 0 Å². The first-order valence-corrected chi connectivity index (χ1v) is 11.2. The van der Waals surface area contributed by atoms with Gasteiger partial charge in [0, 0.05) is 30.9 Å². The summed E-state index contributed by atoms with van der Waals surface area (Å²) in [6.07, 6.45) is 2.36. The van der Waals surface area contributed by atoms with E-state index in [2.05, 4.69) is 41.1 Å². The number of nitrogens with zero attached hydrogens (tertiary/aromatic N) is 4. The average Bonchev–Trinajstić information content (AvgIpc) is 3.52. The molecule has 0 spiro atoms. The van der Waals surface area contributed by atoms with E-state index in [0.717, 1.165) is 51.8 Å². The summed E-state index contributed by atoms with van der Waals surface area (Å²) in [6.45, 7) is 6.58. The third-order valence-corrected chi connectivity index (χ3v) is 7.33. The second kappa shape index (κ2) is 7.18. The number of hydrogen-bond acceptors (Lipinski definition) is 5. The molecule has 2 aliphatic rings. The Morgan fingerprint density at radius 2 is 1.86 bits per heavy atom. The minimum atomic E-state index is 0.0706. The number of benzene rings is 1. The molecule has 0 N–H and O–H groups in total. The molecule has 2 fully saturated rings. The van der Waals surface area contributed by atoms with Gasteiger partial charge in [-0.1, -0.05) is 30.3 Å². The summed E-state index contributed by atoms with van der Waals surface area (Å²) < 4.78 is 0. The van der Waals surface area contributed by atoms with Gasteiger partial charge >= 0.3 is 0 Å². The van der Waals surface area contributed by atoms with E-state index in [4.69, 9.17) is 9.97 Å². The van der Waals surface area contributed by atoms with Crippen molar-refractivity contribution >= 4 is 27.5 Å². The van der Waals surface area contributed by atoms with Crippen molar-refractivity contribution in [1.82, 2.24) is 19.8 Å². The number of hydrogen-bond donors (Lipinski definition) is 0. The maximum absolute atomic E-state index is 13.7. The van der Waals surface area contributed by atoms with E-state index in [1.807, 2.05) is 19.9 Å². The fourth-order valence-corrected chi connectivity index (χ4v) is 5.54. The average molecular weight is 407 g/mol. The van der Waals surface area contributed by atoms with Gasteiger partial charge in [-0.05, 0) is 44.9 Å². The van der Waals surface area contributed by atoms with Crippen molar-refractivity contribution in [3.63, 3.8) is 0 Å². The lowest BCUT2D eigenvalue weighted by molar-refractivity contribution is 0.0502. The van der Waals surface area contributed by atoms with E-state index in [9.17, 15) is 4.79 Å². The van der Waals surface area contributed by atoms with E-state index in [1.54, 1.807) is 11.3 Å². The molecule has 29 heavy (non-hydrogen) atoms. The number of amides is 1. The number of aryl methyl sites for hydroxylation is 2. The van der Waals surface area contributed by atoms with Gasteiger partial charge in [0.1, 0.15) is 10.7 Å². The molecule has 1 aliphatic heterocycles. The van der Waals surface area contributed by atoms with Crippen LogP contribution in [0.2, 0.25) is 0 Å². The molecule has 5 rings (SSSR count). The fraction of sp³-hybridized carbons (Fsp3) is 0.435. The zero-order chi connectivity index (χ0) is 20.1. The van der Waals surface area contributed by atoms with Gasteiger partial charge < -0.3 is 9.80 Å². The van der Waals surface area contributed by atoms with Crippen LogP contribution in [0.15, 0.2) is 30.3 Å². The molecule has 3 heterocycles. The summed E-state index contributed by atoms with van der Waals surface area (Å²) in [4.78, 5) is 29.4. The van der Waals surface area contributed by atoms with Crippen molar-refractivity contribution in [2.45, 2.75) is 38.6 Å². The molecule has 3 aromatic rings. The molecule has 1 saturated carbocycles. The Morgan fingerprint density at radius 1 is 1.10 bits per heavy atom. The van der Waals surface area contributed by atoms with E-state index in [-0.39, 0.29) is 11.9 Å². The molecule has 1 saturated heterocycles. The van der Waals surface area contributed by atoms with Gasteiger partial charge in [0.15, 0.2) is 0 Å². The van der Waals surface area contributed by atoms with Gasteiger partial charge in [-0.3, -0.25) is 4.79 Å². The number of carbonyl (C=O) groups is 1. The molecule has 0 bridgehead atoms. The maximum Gasteiger partial charge on any atom is 0.264 e. The zero-order valence-electron chi connectivity index (χ0n) is 17.2. The van der Waals surface area contributed by atoms with Gasteiger partial charge in [-0.15, -0.1) is 11.3 Å². The Balaban J connectivity index is 1.54. The van der Waals surface area contributed by atoms with Crippen molar-refractivity contribution < 1.29 is 4.79 Å². The lowest BCUT2D eigenvalue weighted by Crippen LogP contribution is -2.49. The number of aromatic nitrogens is 2. The highest BCUT2D eigenvalue weighted by Crippen LogP contribution is 2.41. The number of piperazine rings is 1. The summed E-state index contributed by atoms with van der Waals surface area (Å²) >= 11 is 1.54. The van der Waals surface area contributed by atoms with Crippen molar-refractivity contribution in [3.8, 4) is 0 Å². The number of carbonyl (C=O) groups excluding carboxylic acids is 1. The fourth-order valence-electron chi connectivity index (χ4n) is 4.34. The number of likely N-dealkylation sites (N-methyl/N-ethyl adjacent to an activating group) is 1. The molecular weight excluding hydrogens is 380 g/mol. The molecule has 6 heteroatoms. The topological polar surface area (TPSA) is 49.3 Å². The van der Waals surface area contributed by atoms with E-state index in [1.165, 1.54) is 18.4 Å². The van der Waals surface area contributed by atoms with E-state index >= 15 is 0 Å². The van der Waals surface area contributed by atoms with E-state index in [0.29, 0.717) is 5.92 Å². The van der Waals surface area contributed by atoms with Gasteiger partial charge in [-0.2, -0.15) is 0 Å². The quantitative estimate of drug-likeness (QED) is 0.650. The van der Waals surface area contributed by atoms with Crippen LogP contribution in [0.5, 0.6) is 0 Å². The van der Waals surface area contributed by atoms with Gasteiger partial charge in [0.05, 0.1) is 16.6 Å². The molecular formula is C23H26N4OS. The monoisotopic (exact) mass is 406 g/mol. The van der Waals surface area contributed by atoms with Crippen LogP contribution < -0.4 is 0 Å². The Labute approximate surface area is 175 Å². The largest absolute Gasteiger partial charge is 0.328 e. The SMILES string of the molecule is Cc1nc(C2CC2)nc2sc(C(=O)N3CCN(C)CC3c3ccccc3)c(C)c12. The van der Waals surface area contributed by atoms with Crippen molar-refractivity contribution in [3.05, 3.63) is 57.9 Å². The Kier molecular flexibility index (Phi) is 4.63. The molecule has 150 valence electrons. The zero-order valence-corrected chi connectivity index (χ0v) is 18.0. The van der Waals surface area contributed by atoms with Crippen LogP contribution in [0.25, 0.3) is 10.2 Å². The molecule has 1 unspecified atom stereocenters. The van der Waals surface area contributed by atoms with Crippen LogP contribution in [0, 0.1) is 13.8 Å². The van der Waals surface area contributed by atoms with Gasteiger partial charge in [0.25, 0.3) is 5.91 Å². The summed E-state index contributed by atoms with van der Waals surface area (Å²) in [5, 5.41) is 1.06. The maximum atomic E-state index is 13.7. The first-order chi connectivity index (χ1) is 14.0. The Morgan fingerprint density at radius 3 is 2.59 bits per heavy atom. The third-order valence-electron chi connectivity index (χ3n) is 6.15. The molecule has 5 nitrogen and oxygen atoms in total. The predicted octanol–water partition coefficient (Wildman–Crippen LogP) is 4.31. The highest BCUT2D eigenvalue weighted by Gasteiger charge is 2.33. The standard InChI is InChI=1S/C23H26N4OS/c1-14-19-15(2)24-21(17-9-10-17)25-22(19)29-20(14)23(28)27-12-11-26(3)13-18(27)16-7-5-4-6-8-16/h4-8,17-18H,9-13H2,1-3H3.